The Hall–Kier alpha value is -0.680. The molecule has 0 spiro atoms. The van der Waals surface area contributed by atoms with Crippen LogP contribution < -0.4 is 5.32 Å². The van der Waals surface area contributed by atoms with Crippen molar-refractivity contribution in [1.29, 1.82) is 0 Å². The molecule has 1 aliphatic rings. The lowest BCUT2D eigenvalue weighted by Gasteiger charge is -2.23. The van der Waals surface area contributed by atoms with E-state index in [0.717, 1.165) is 25.4 Å². The van der Waals surface area contributed by atoms with Gasteiger partial charge in [0.2, 0.25) is 0 Å². The number of rotatable bonds is 4. The second-order valence-corrected chi connectivity index (χ2v) is 5.89. The standard InChI is InChI=1S/C12H22N2O2S/c1-12(2,3)16-11(15)13-6-4-7-14-8-5-9-17-10-14/h5,9H,4,6-8,10H2,1-3H3,(H,13,15). The van der Waals surface area contributed by atoms with Gasteiger partial charge < -0.3 is 10.1 Å². The van der Waals surface area contributed by atoms with E-state index in [1.807, 2.05) is 32.5 Å². The highest BCUT2D eigenvalue weighted by Gasteiger charge is 2.15. The number of nitrogens with zero attached hydrogens (tertiary/aromatic N) is 1. The van der Waals surface area contributed by atoms with Crippen LogP contribution in [-0.2, 0) is 4.74 Å². The minimum atomic E-state index is -0.418. The number of nitrogens with one attached hydrogen (secondary N) is 1. The van der Waals surface area contributed by atoms with Crippen molar-refractivity contribution in [3.8, 4) is 0 Å². The zero-order valence-corrected chi connectivity index (χ0v) is 11.7. The fraction of sp³-hybridized carbons (Fsp3) is 0.750. The molecule has 1 amide bonds. The third-order valence-corrected chi connectivity index (χ3v) is 3.03. The molecule has 0 unspecified atom stereocenters. The molecule has 0 fully saturated rings. The molecule has 0 aromatic rings. The van der Waals surface area contributed by atoms with Crippen molar-refractivity contribution in [3.63, 3.8) is 0 Å². The summed E-state index contributed by atoms with van der Waals surface area (Å²) < 4.78 is 5.15. The zero-order valence-electron chi connectivity index (χ0n) is 10.9. The van der Waals surface area contributed by atoms with E-state index in [9.17, 15) is 4.79 Å². The van der Waals surface area contributed by atoms with E-state index in [1.165, 1.54) is 0 Å². The fourth-order valence-electron chi connectivity index (χ4n) is 1.42. The number of thioether (sulfide) groups is 1. The lowest BCUT2D eigenvalue weighted by Crippen LogP contribution is -2.34. The first-order valence-electron chi connectivity index (χ1n) is 5.93. The first-order valence-corrected chi connectivity index (χ1v) is 6.98. The molecule has 1 rings (SSSR count). The number of alkyl carbamates (subject to hydrolysis) is 1. The number of amides is 1. The van der Waals surface area contributed by atoms with Gasteiger partial charge in [0.25, 0.3) is 0 Å². The summed E-state index contributed by atoms with van der Waals surface area (Å²) in [6.07, 6.45) is 2.79. The maximum Gasteiger partial charge on any atom is 0.407 e. The van der Waals surface area contributed by atoms with Gasteiger partial charge in [-0.25, -0.2) is 4.79 Å². The van der Waals surface area contributed by atoms with E-state index in [1.54, 1.807) is 0 Å². The molecule has 0 aromatic carbocycles. The molecule has 0 saturated heterocycles. The van der Waals surface area contributed by atoms with Crippen LogP contribution in [0.15, 0.2) is 11.5 Å². The molecule has 0 atom stereocenters. The smallest absolute Gasteiger partial charge is 0.407 e. The van der Waals surface area contributed by atoms with Crippen LogP contribution in [0.25, 0.3) is 0 Å². The molecule has 1 aliphatic heterocycles. The molecule has 0 aromatic heterocycles. The summed E-state index contributed by atoms with van der Waals surface area (Å²) in [4.78, 5) is 13.7. The van der Waals surface area contributed by atoms with Crippen LogP contribution in [0.2, 0.25) is 0 Å². The molecule has 98 valence electrons. The van der Waals surface area contributed by atoms with Crippen molar-refractivity contribution >= 4 is 17.9 Å². The Morgan fingerprint density at radius 1 is 1.53 bits per heavy atom. The maximum atomic E-state index is 11.3. The average molecular weight is 258 g/mol. The monoisotopic (exact) mass is 258 g/mol. The number of ether oxygens (including phenoxy) is 1. The van der Waals surface area contributed by atoms with Crippen molar-refractivity contribution in [1.82, 2.24) is 10.2 Å². The summed E-state index contributed by atoms with van der Waals surface area (Å²) in [5, 5.41) is 4.90. The average Bonchev–Trinajstić information content (AvgIpc) is 2.23. The Kier molecular flexibility index (Phi) is 5.85. The van der Waals surface area contributed by atoms with Crippen LogP contribution in [0.1, 0.15) is 27.2 Å². The summed E-state index contributed by atoms with van der Waals surface area (Å²) in [6.45, 7) is 8.28. The van der Waals surface area contributed by atoms with Gasteiger partial charge in [0.15, 0.2) is 0 Å². The highest BCUT2D eigenvalue weighted by Crippen LogP contribution is 2.11. The Labute approximate surface area is 108 Å². The lowest BCUT2D eigenvalue weighted by atomic mass is 10.2. The second-order valence-electron chi connectivity index (χ2n) is 5.03. The van der Waals surface area contributed by atoms with Crippen molar-refractivity contribution in [2.24, 2.45) is 0 Å². The van der Waals surface area contributed by atoms with Crippen molar-refractivity contribution in [3.05, 3.63) is 11.5 Å². The molecule has 1 heterocycles. The topological polar surface area (TPSA) is 41.6 Å². The Morgan fingerprint density at radius 2 is 2.29 bits per heavy atom. The van der Waals surface area contributed by atoms with Crippen LogP contribution >= 0.6 is 11.8 Å². The summed E-state index contributed by atoms with van der Waals surface area (Å²) >= 11 is 1.81. The quantitative estimate of drug-likeness (QED) is 0.786. The highest BCUT2D eigenvalue weighted by atomic mass is 32.2. The molecule has 0 saturated carbocycles. The van der Waals surface area contributed by atoms with Crippen molar-refractivity contribution in [2.45, 2.75) is 32.8 Å². The van der Waals surface area contributed by atoms with Crippen LogP contribution in [0, 0.1) is 0 Å². The van der Waals surface area contributed by atoms with Crippen molar-refractivity contribution < 1.29 is 9.53 Å². The van der Waals surface area contributed by atoms with Gasteiger partial charge in [0.1, 0.15) is 5.60 Å². The molecule has 0 radical (unpaired) electrons. The molecule has 0 aliphatic carbocycles. The minimum Gasteiger partial charge on any atom is -0.444 e. The number of hydrogen-bond acceptors (Lipinski definition) is 4. The summed E-state index contributed by atoms with van der Waals surface area (Å²) in [6, 6.07) is 0. The predicted octanol–water partition coefficient (Wildman–Crippen LogP) is 2.42. The first kappa shape index (κ1) is 14.4. The number of carbonyl (C=O) groups is 1. The fourth-order valence-corrected chi connectivity index (χ4v) is 2.18. The number of carbonyl (C=O) groups excluding carboxylic acids is 1. The van der Waals surface area contributed by atoms with E-state index in [4.69, 9.17) is 4.74 Å². The zero-order chi connectivity index (χ0) is 12.7. The van der Waals surface area contributed by atoms with Gasteiger partial charge in [-0.2, -0.15) is 0 Å². The maximum absolute atomic E-state index is 11.3. The molecule has 4 nitrogen and oxygen atoms in total. The Bertz CT molecular complexity index is 274. The SMILES string of the molecule is CC(C)(C)OC(=O)NCCCN1CC=CSC1. The van der Waals surface area contributed by atoms with E-state index < -0.39 is 5.60 Å². The molecule has 1 N–H and O–H groups in total. The van der Waals surface area contributed by atoms with Crippen molar-refractivity contribution in [2.75, 3.05) is 25.5 Å². The number of hydrogen-bond donors (Lipinski definition) is 1. The predicted molar refractivity (Wildman–Crippen MR) is 72.0 cm³/mol. The molecule has 5 heteroatoms. The summed E-state index contributed by atoms with van der Waals surface area (Å²) in [5.41, 5.74) is -0.418. The summed E-state index contributed by atoms with van der Waals surface area (Å²) in [5.74, 6) is 1.04. The van der Waals surface area contributed by atoms with E-state index in [2.05, 4.69) is 21.7 Å². The second kappa shape index (κ2) is 6.91. The van der Waals surface area contributed by atoms with Gasteiger partial charge in [-0.05, 0) is 32.6 Å². The third-order valence-electron chi connectivity index (χ3n) is 2.13. The van der Waals surface area contributed by atoms with Crippen LogP contribution in [0.5, 0.6) is 0 Å². The Morgan fingerprint density at radius 3 is 2.88 bits per heavy atom. The summed E-state index contributed by atoms with van der Waals surface area (Å²) in [7, 11) is 0. The largest absolute Gasteiger partial charge is 0.444 e. The normalized spacial score (nSPS) is 16.9. The van der Waals surface area contributed by atoms with Crippen LogP contribution in [0.3, 0.4) is 0 Å². The molecular weight excluding hydrogens is 236 g/mol. The molecule has 0 bridgehead atoms. The van der Waals surface area contributed by atoms with E-state index >= 15 is 0 Å². The van der Waals surface area contributed by atoms with Crippen LogP contribution in [-0.4, -0.2) is 42.1 Å². The van der Waals surface area contributed by atoms with Gasteiger partial charge in [0.05, 0.1) is 0 Å². The van der Waals surface area contributed by atoms with Gasteiger partial charge >= 0.3 is 6.09 Å². The molecular formula is C12H22N2O2S. The first-order chi connectivity index (χ1) is 7.97. The van der Waals surface area contributed by atoms with E-state index in [-0.39, 0.29) is 6.09 Å². The van der Waals surface area contributed by atoms with Gasteiger partial charge in [-0.15, -0.1) is 11.8 Å². The van der Waals surface area contributed by atoms with E-state index in [0.29, 0.717) is 6.54 Å². The van der Waals surface area contributed by atoms with Crippen LogP contribution in [0.4, 0.5) is 4.79 Å². The third kappa shape index (κ3) is 7.28. The highest BCUT2D eigenvalue weighted by molar-refractivity contribution is 8.02. The lowest BCUT2D eigenvalue weighted by molar-refractivity contribution is 0.0526. The Balaban J connectivity index is 2.04. The van der Waals surface area contributed by atoms with Gasteiger partial charge in [-0.1, -0.05) is 6.08 Å². The minimum absolute atomic E-state index is 0.328. The van der Waals surface area contributed by atoms with Gasteiger partial charge in [0, 0.05) is 25.5 Å². The van der Waals surface area contributed by atoms with Gasteiger partial charge in [-0.3, -0.25) is 4.90 Å². The molecule has 17 heavy (non-hydrogen) atoms.